The van der Waals surface area contributed by atoms with E-state index >= 15 is 0 Å². The molecule has 180 valence electrons. The first-order valence-electron chi connectivity index (χ1n) is 11.5. The lowest BCUT2D eigenvalue weighted by Gasteiger charge is -2.39. The van der Waals surface area contributed by atoms with Crippen LogP contribution in [-0.4, -0.2) is 32.4 Å². The molecule has 9 heteroatoms. The third-order valence-corrected chi connectivity index (χ3v) is 6.48. The fourth-order valence-corrected chi connectivity index (χ4v) is 4.81. The Bertz CT molecular complexity index is 1410. The summed E-state index contributed by atoms with van der Waals surface area (Å²) in [6.45, 7) is 1.97. The fourth-order valence-electron chi connectivity index (χ4n) is 4.81. The smallest absolute Gasteiger partial charge is 0.382 e. The first kappa shape index (κ1) is 23.0. The summed E-state index contributed by atoms with van der Waals surface area (Å²) in [7, 11) is 0. The molecule has 0 unspecified atom stereocenters. The zero-order valence-corrected chi connectivity index (χ0v) is 19.1. The van der Waals surface area contributed by atoms with Crippen LogP contribution in [0.25, 0.3) is 21.8 Å². The number of amides is 1. The molecule has 0 spiro atoms. The third kappa shape index (κ3) is 4.89. The molecule has 35 heavy (non-hydrogen) atoms. The second-order valence-electron chi connectivity index (χ2n) is 9.29. The molecule has 3 aromatic heterocycles. The standard InChI is InChI=1S/C26H24F3N5O/c1-25(34-24(35)21-9-8-16-15-30-12-10-19(16)32-21)11-4-5-17(14-25)31-22-13-23(26(27,28)29)33-20-7-3-2-6-18(20)22/h2-3,6-10,12-13,15,17H,4-5,11,14H2,1H3,(H,31,33)(H,34,35)/t17-,25-/m0/s1. The molecule has 2 atom stereocenters. The molecule has 6 nitrogen and oxygen atoms in total. The maximum atomic E-state index is 13.5. The molecule has 2 N–H and O–H groups in total. The van der Waals surface area contributed by atoms with Crippen LogP contribution in [0.5, 0.6) is 0 Å². The Balaban J connectivity index is 1.36. The Morgan fingerprint density at radius 3 is 2.74 bits per heavy atom. The van der Waals surface area contributed by atoms with Crippen molar-refractivity contribution in [3.05, 3.63) is 72.3 Å². The van der Waals surface area contributed by atoms with Crippen LogP contribution in [0.2, 0.25) is 0 Å². The quantitative estimate of drug-likeness (QED) is 0.390. The number of aromatic nitrogens is 3. The van der Waals surface area contributed by atoms with Gasteiger partial charge in [-0.05, 0) is 62.9 Å². The summed E-state index contributed by atoms with van der Waals surface area (Å²) >= 11 is 0. The van der Waals surface area contributed by atoms with Gasteiger partial charge in [-0.1, -0.05) is 18.2 Å². The number of para-hydroxylation sites is 1. The van der Waals surface area contributed by atoms with Crippen LogP contribution < -0.4 is 10.6 Å². The number of carbonyl (C=O) groups excluding carboxylic acids is 1. The number of alkyl halides is 3. The number of rotatable bonds is 4. The molecule has 5 rings (SSSR count). The zero-order chi connectivity index (χ0) is 24.6. The molecule has 0 saturated heterocycles. The molecule has 1 amide bonds. The minimum Gasteiger partial charge on any atom is -0.382 e. The molecule has 0 bridgehead atoms. The van der Waals surface area contributed by atoms with Gasteiger partial charge in [0.15, 0.2) is 0 Å². The summed E-state index contributed by atoms with van der Waals surface area (Å²) in [5.74, 6) is -0.277. The lowest BCUT2D eigenvalue weighted by atomic mass is 9.80. The maximum absolute atomic E-state index is 13.5. The number of nitrogens with one attached hydrogen (secondary N) is 2. The van der Waals surface area contributed by atoms with Crippen LogP contribution in [-0.2, 0) is 6.18 Å². The van der Waals surface area contributed by atoms with Crippen LogP contribution in [0.3, 0.4) is 0 Å². The van der Waals surface area contributed by atoms with Crippen molar-refractivity contribution in [2.75, 3.05) is 5.32 Å². The summed E-state index contributed by atoms with van der Waals surface area (Å²) < 4.78 is 40.4. The van der Waals surface area contributed by atoms with Crippen LogP contribution in [0.15, 0.2) is 60.9 Å². The van der Waals surface area contributed by atoms with Crippen molar-refractivity contribution in [3.63, 3.8) is 0 Å². The monoisotopic (exact) mass is 479 g/mol. The van der Waals surface area contributed by atoms with Crippen LogP contribution >= 0.6 is 0 Å². The van der Waals surface area contributed by atoms with E-state index in [1.165, 1.54) is 0 Å². The van der Waals surface area contributed by atoms with E-state index in [0.717, 1.165) is 30.7 Å². The lowest BCUT2D eigenvalue weighted by molar-refractivity contribution is -0.140. The Morgan fingerprint density at radius 1 is 1.09 bits per heavy atom. The van der Waals surface area contributed by atoms with Gasteiger partial charge in [-0.25, -0.2) is 9.97 Å². The molecule has 1 saturated carbocycles. The minimum absolute atomic E-state index is 0.114. The number of hydrogen-bond acceptors (Lipinski definition) is 5. The van der Waals surface area contributed by atoms with E-state index in [9.17, 15) is 18.0 Å². The van der Waals surface area contributed by atoms with Crippen molar-refractivity contribution in [2.24, 2.45) is 0 Å². The lowest BCUT2D eigenvalue weighted by Crippen LogP contribution is -2.51. The third-order valence-electron chi connectivity index (χ3n) is 6.48. The summed E-state index contributed by atoms with van der Waals surface area (Å²) in [5.41, 5.74) is 0.226. The molecular weight excluding hydrogens is 455 g/mol. The topological polar surface area (TPSA) is 79.8 Å². The van der Waals surface area contributed by atoms with Gasteiger partial charge in [0.25, 0.3) is 5.91 Å². The number of halogens is 3. The van der Waals surface area contributed by atoms with Crippen molar-refractivity contribution in [3.8, 4) is 0 Å². The van der Waals surface area contributed by atoms with E-state index in [2.05, 4.69) is 25.6 Å². The average Bonchev–Trinajstić information content (AvgIpc) is 2.83. The van der Waals surface area contributed by atoms with Gasteiger partial charge < -0.3 is 10.6 Å². The van der Waals surface area contributed by atoms with Crippen molar-refractivity contribution in [2.45, 2.75) is 50.4 Å². The number of pyridine rings is 3. The summed E-state index contributed by atoms with van der Waals surface area (Å²) in [4.78, 5) is 25.3. The molecule has 0 radical (unpaired) electrons. The highest BCUT2D eigenvalue weighted by atomic mass is 19.4. The first-order valence-corrected chi connectivity index (χ1v) is 11.5. The second-order valence-corrected chi connectivity index (χ2v) is 9.29. The van der Waals surface area contributed by atoms with Gasteiger partial charge in [0.2, 0.25) is 0 Å². The molecule has 3 heterocycles. The average molecular weight is 480 g/mol. The SMILES string of the molecule is C[C@]1(NC(=O)c2ccc3cnccc3n2)CCC[C@H](Nc2cc(C(F)(F)F)nc3ccccc23)C1. The largest absolute Gasteiger partial charge is 0.433 e. The molecule has 1 aliphatic carbocycles. The van der Waals surface area contributed by atoms with E-state index in [0.29, 0.717) is 28.7 Å². The van der Waals surface area contributed by atoms with Gasteiger partial charge in [0, 0.05) is 40.4 Å². The van der Waals surface area contributed by atoms with Crippen molar-refractivity contribution < 1.29 is 18.0 Å². The van der Waals surface area contributed by atoms with Crippen molar-refractivity contribution in [1.82, 2.24) is 20.3 Å². The molecule has 1 fully saturated rings. The number of carbonyl (C=O) groups is 1. The number of nitrogens with zero attached hydrogens (tertiary/aromatic N) is 3. The normalized spacial score (nSPS) is 20.6. The Hall–Kier alpha value is -3.75. The van der Waals surface area contributed by atoms with Gasteiger partial charge in [0.1, 0.15) is 11.4 Å². The zero-order valence-electron chi connectivity index (χ0n) is 19.1. The number of hydrogen-bond donors (Lipinski definition) is 2. The molecule has 0 aliphatic heterocycles. The highest BCUT2D eigenvalue weighted by Crippen LogP contribution is 2.36. The molecular formula is C26H24F3N5O. The van der Waals surface area contributed by atoms with Gasteiger partial charge >= 0.3 is 6.18 Å². The predicted molar refractivity (Wildman–Crippen MR) is 128 cm³/mol. The van der Waals surface area contributed by atoms with E-state index in [-0.39, 0.29) is 17.5 Å². The molecule has 4 aromatic rings. The van der Waals surface area contributed by atoms with E-state index in [4.69, 9.17) is 0 Å². The summed E-state index contributed by atoms with van der Waals surface area (Å²) in [6.07, 6.45) is 1.70. The fraction of sp³-hybridized carbons (Fsp3) is 0.308. The van der Waals surface area contributed by atoms with Crippen molar-refractivity contribution >= 4 is 33.4 Å². The van der Waals surface area contributed by atoms with E-state index in [1.807, 2.05) is 13.0 Å². The molecule has 1 aliphatic rings. The summed E-state index contributed by atoms with van der Waals surface area (Å²) in [5, 5.41) is 7.91. The number of anilines is 1. The highest BCUT2D eigenvalue weighted by Gasteiger charge is 2.36. The van der Waals surface area contributed by atoms with E-state index in [1.54, 1.807) is 48.8 Å². The van der Waals surface area contributed by atoms with Gasteiger partial charge in [-0.3, -0.25) is 9.78 Å². The Kier molecular flexibility index (Phi) is 5.78. The Morgan fingerprint density at radius 2 is 1.91 bits per heavy atom. The van der Waals surface area contributed by atoms with Gasteiger partial charge in [-0.15, -0.1) is 0 Å². The maximum Gasteiger partial charge on any atom is 0.433 e. The number of fused-ring (bicyclic) bond motifs is 2. The molecule has 1 aromatic carbocycles. The predicted octanol–water partition coefficient (Wildman–Crippen LogP) is 5.74. The van der Waals surface area contributed by atoms with Crippen LogP contribution in [0.1, 0.15) is 48.8 Å². The van der Waals surface area contributed by atoms with Crippen molar-refractivity contribution in [1.29, 1.82) is 0 Å². The first-order chi connectivity index (χ1) is 16.7. The van der Waals surface area contributed by atoms with Crippen LogP contribution in [0.4, 0.5) is 18.9 Å². The van der Waals surface area contributed by atoms with E-state index < -0.39 is 17.4 Å². The summed E-state index contributed by atoms with van der Waals surface area (Å²) in [6, 6.07) is 13.0. The Labute approximate surface area is 200 Å². The van der Waals surface area contributed by atoms with Gasteiger partial charge in [0.05, 0.1) is 11.0 Å². The highest BCUT2D eigenvalue weighted by molar-refractivity contribution is 5.95. The van der Waals surface area contributed by atoms with Gasteiger partial charge in [-0.2, -0.15) is 13.2 Å². The second kappa shape index (κ2) is 8.79. The van der Waals surface area contributed by atoms with Crippen LogP contribution in [0, 0.1) is 0 Å². The minimum atomic E-state index is -4.54. The number of benzene rings is 1.